The molecule has 0 spiro atoms. The standard InChI is InChI=1S/C27H38O5/c1-17(30)31-20-9-11-25(2,19(13-20)15-28)22-10-12-26(3)23(21(22)16-29)14-24-27(26,32-24)18-7-5-4-6-8-18/h4-8,19-24,28-29H,9-16H2,1-3H3/t19-,20+,21-,22+,23+,24-,25+,26+,27-/m1/s1. The van der Waals surface area contributed by atoms with E-state index in [9.17, 15) is 15.0 Å². The van der Waals surface area contributed by atoms with Crippen LogP contribution in [0.1, 0.15) is 64.9 Å². The van der Waals surface area contributed by atoms with Gasteiger partial charge in [0.15, 0.2) is 0 Å². The predicted molar refractivity (Wildman–Crippen MR) is 121 cm³/mol. The number of aliphatic hydroxyl groups is 2. The molecule has 0 radical (unpaired) electrons. The molecule has 1 saturated heterocycles. The van der Waals surface area contributed by atoms with Crippen LogP contribution < -0.4 is 0 Å². The molecule has 0 aromatic heterocycles. The highest BCUT2D eigenvalue weighted by Crippen LogP contribution is 2.75. The Balaban J connectivity index is 1.41. The van der Waals surface area contributed by atoms with Gasteiger partial charge in [-0.3, -0.25) is 4.79 Å². The van der Waals surface area contributed by atoms with Crippen molar-refractivity contribution in [2.24, 2.45) is 34.5 Å². The summed E-state index contributed by atoms with van der Waals surface area (Å²) in [5.74, 6) is 0.807. The van der Waals surface area contributed by atoms with Crippen molar-refractivity contribution in [2.75, 3.05) is 13.2 Å². The van der Waals surface area contributed by atoms with Gasteiger partial charge in [0, 0.05) is 25.6 Å². The monoisotopic (exact) mass is 442 g/mol. The molecule has 0 bridgehead atoms. The quantitative estimate of drug-likeness (QED) is 0.531. The van der Waals surface area contributed by atoms with Gasteiger partial charge in [0.05, 0.1) is 6.10 Å². The molecule has 5 heteroatoms. The molecule has 1 aromatic rings. The van der Waals surface area contributed by atoms with Gasteiger partial charge >= 0.3 is 5.97 Å². The van der Waals surface area contributed by atoms with Crippen molar-refractivity contribution in [2.45, 2.75) is 77.1 Å². The van der Waals surface area contributed by atoms with E-state index in [0.717, 1.165) is 32.1 Å². The molecule has 0 unspecified atom stereocenters. The first-order chi connectivity index (χ1) is 15.3. The van der Waals surface area contributed by atoms with Gasteiger partial charge in [-0.25, -0.2) is 0 Å². The molecule has 2 N–H and O–H groups in total. The van der Waals surface area contributed by atoms with Crippen LogP contribution >= 0.6 is 0 Å². The van der Waals surface area contributed by atoms with E-state index in [2.05, 4.69) is 44.2 Å². The maximum atomic E-state index is 11.5. The smallest absolute Gasteiger partial charge is 0.302 e. The minimum Gasteiger partial charge on any atom is -0.463 e. The van der Waals surface area contributed by atoms with Crippen molar-refractivity contribution in [1.29, 1.82) is 0 Å². The first kappa shape index (κ1) is 22.4. The number of epoxide rings is 1. The van der Waals surface area contributed by atoms with Crippen LogP contribution in [0.15, 0.2) is 30.3 Å². The zero-order valence-corrected chi connectivity index (χ0v) is 19.6. The third kappa shape index (κ3) is 3.04. The van der Waals surface area contributed by atoms with Gasteiger partial charge in [0.1, 0.15) is 11.7 Å². The number of hydrogen-bond acceptors (Lipinski definition) is 5. The summed E-state index contributed by atoms with van der Waals surface area (Å²) in [6.45, 7) is 6.45. The topological polar surface area (TPSA) is 79.3 Å². The van der Waals surface area contributed by atoms with Crippen molar-refractivity contribution in [1.82, 2.24) is 0 Å². The second-order valence-corrected chi connectivity index (χ2v) is 11.4. The van der Waals surface area contributed by atoms with Crippen LogP contribution in [0.4, 0.5) is 0 Å². The van der Waals surface area contributed by atoms with E-state index in [1.54, 1.807) is 0 Å². The summed E-state index contributed by atoms with van der Waals surface area (Å²) in [5, 5.41) is 21.0. The lowest BCUT2D eigenvalue weighted by Gasteiger charge is -2.57. The summed E-state index contributed by atoms with van der Waals surface area (Å²) in [5.41, 5.74) is 1.03. The van der Waals surface area contributed by atoms with Gasteiger partial charge in [-0.15, -0.1) is 0 Å². The van der Waals surface area contributed by atoms with E-state index < -0.39 is 0 Å². The maximum Gasteiger partial charge on any atom is 0.302 e. The number of hydrogen-bond donors (Lipinski definition) is 2. The third-order valence-corrected chi connectivity index (χ3v) is 10.2. The van der Waals surface area contributed by atoms with Crippen LogP contribution in [0.2, 0.25) is 0 Å². The Labute approximate surface area is 191 Å². The van der Waals surface area contributed by atoms with E-state index >= 15 is 0 Å². The number of fused-ring (bicyclic) bond motifs is 3. The SMILES string of the molecule is CC(=O)O[C@H]1CC[C@](C)([C@H]2CC[C@@]3(C)[C@@H](C[C@H]4O[C@]43c3ccccc3)[C@@H]2CO)[C@@H](CO)C1. The van der Waals surface area contributed by atoms with Crippen molar-refractivity contribution in [3.63, 3.8) is 0 Å². The van der Waals surface area contributed by atoms with Gasteiger partial charge in [-0.05, 0) is 73.2 Å². The molecule has 5 nitrogen and oxygen atoms in total. The Kier molecular flexibility index (Phi) is 5.46. The van der Waals surface area contributed by atoms with E-state index in [1.165, 1.54) is 12.5 Å². The number of rotatable bonds is 5. The highest BCUT2D eigenvalue weighted by Gasteiger charge is 2.77. The predicted octanol–water partition coefficient (Wildman–Crippen LogP) is 4.06. The van der Waals surface area contributed by atoms with Gasteiger partial charge in [-0.2, -0.15) is 0 Å². The van der Waals surface area contributed by atoms with Crippen LogP contribution in [0, 0.1) is 34.5 Å². The van der Waals surface area contributed by atoms with Gasteiger partial charge in [-0.1, -0.05) is 44.2 Å². The summed E-state index contributed by atoms with van der Waals surface area (Å²) >= 11 is 0. The van der Waals surface area contributed by atoms with Crippen molar-refractivity contribution in [3.05, 3.63) is 35.9 Å². The van der Waals surface area contributed by atoms with Gasteiger partial charge in [0.2, 0.25) is 0 Å². The average molecular weight is 443 g/mol. The fourth-order valence-electron chi connectivity index (χ4n) is 8.48. The van der Waals surface area contributed by atoms with Crippen LogP contribution in [0.5, 0.6) is 0 Å². The van der Waals surface area contributed by atoms with Crippen LogP contribution in [-0.2, 0) is 19.9 Å². The molecule has 4 aliphatic rings. The fraction of sp³-hybridized carbons (Fsp3) is 0.741. The molecule has 5 rings (SSSR count). The molecular weight excluding hydrogens is 404 g/mol. The zero-order chi connectivity index (χ0) is 22.7. The summed E-state index contributed by atoms with van der Waals surface area (Å²) in [6.07, 6.45) is 5.72. The first-order valence-electron chi connectivity index (χ1n) is 12.4. The summed E-state index contributed by atoms with van der Waals surface area (Å²) in [7, 11) is 0. The maximum absolute atomic E-state index is 11.5. The summed E-state index contributed by atoms with van der Waals surface area (Å²) in [6, 6.07) is 10.7. The highest BCUT2D eigenvalue weighted by molar-refractivity contribution is 5.66. The average Bonchev–Trinajstić information content (AvgIpc) is 3.46. The number of esters is 1. The largest absolute Gasteiger partial charge is 0.463 e. The van der Waals surface area contributed by atoms with E-state index in [1.807, 2.05) is 0 Å². The number of benzene rings is 1. The highest BCUT2D eigenvalue weighted by atomic mass is 16.6. The van der Waals surface area contributed by atoms with Crippen molar-refractivity contribution < 1.29 is 24.5 Å². The summed E-state index contributed by atoms with van der Waals surface area (Å²) in [4.78, 5) is 11.5. The zero-order valence-electron chi connectivity index (χ0n) is 19.6. The molecule has 9 atom stereocenters. The minimum atomic E-state index is -0.242. The number of ether oxygens (including phenoxy) is 2. The van der Waals surface area contributed by atoms with Crippen LogP contribution in [-0.4, -0.2) is 41.6 Å². The van der Waals surface area contributed by atoms with E-state index in [4.69, 9.17) is 9.47 Å². The third-order valence-electron chi connectivity index (χ3n) is 10.2. The lowest BCUT2D eigenvalue weighted by molar-refractivity contribution is -0.159. The number of carbonyl (C=O) groups excluding carboxylic acids is 1. The van der Waals surface area contributed by atoms with Crippen molar-refractivity contribution >= 4 is 5.97 Å². The van der Waals surface area contributed by atoms with Crippen molar-refractivity contribution in [3.8, 4) is 0 Å². The Morgan fingerprint density at radius 2 is 1.81 bits per heavy atom. The molecule has 1 heterocycles. The second-order valence-electron chi connectivity index (χ2n) is 11.4. The molecule has 0 amide bonds. The minimum absolute atomic E-state index is 0.0168. The molecule has 3 aliphatic carbocycles. The lowest BCUT2D eigenvalue weighted by atomic mass is 9.48. The normalized spacial score (nSPS) is 47.4. The molecular formula is C27H38O5. The van der Waals surface area contributed by atoms with Crippen LogP contribution in [0.25, 0.3) is 0 Å². The van der Waals surface area contributed by atoms with Gasteiger partial charge in [0.25, 0.3) is 0 Å². The Hall–Kier alpha value is -1.43. The Morgan fingerprint density at radius 3 is 2.47 bits per heavy atom. The van der Waals surface area contributed by atoms with E-state index in [0.29, 0.717) is 18.3 Å². The Bertz CT molecular complexity index is 857. The molecule has 1 aromatic carbocycles. The van der Waals surface area contributed by atoms with Crippen LogP contribution in [0.3, 0.4) is 0 Å². The van der Waals surface area contributed by atoms with Gasteiger partial charge < -0.3 is 19.7 Å². The lowest BCUT2D eigenvalue weighted by Crippen LogP contribution is -2.54. The molecule has 32 heavy (non-hydrogen) atoms. The second kappa shape index (κ2) is 7.82. The molecule has 3 saturated carbocycles. The first-order valence-corrected chi connectivity index (χ1v) is 12.4. The fourth-order valence-corrected chi connectivity index (χ4v) is 8.48. The number of carbonyl (C=O) groups is 1. The number of aliphatic hydroxyl groups excluding tert-OH is 2. The Morgan fingerprint density at radius 1 is 1.06 bits per heavy atom. The summed E-state index contributed by atoms with van der Waals surface area (Å²) < 4.78 is 11.9. The molecule has 1 aliphatic heterocycles. The van der Waals surface area contributed by atoms with E-state index in [-0.39, 0.29) is 59.7 Å². The molecule has 176 valence electrons. The molecule has 4 fully saturated rings.